The minimum atomic E-state index is -0.527. The Labute approximate surface area is 169 Å². The van der Waals surface area contributed by atoms with Crippen molar-refractivity contribution in [3.05, 3.63) is 59.5 Å². The third-order valence-electron chi connectivity index (χ3n) is 6.12. The fourth-order valence-corrected chi connectivity index (χ4v) is 4.14. The first-order valence-corrected chi connectivity index (χ1v) is 10.2. The average molecular weight is 396 g/mol. The molecule has 0 radical (unpaired) electrons. The molecule has 1 amide bonds. The number of nitrogens with zero attached hydrogens (tertiary/aromatic N) is 1. The molecule has 29 heavy (non-hydrogen) atoms. The number of halogens is 1. The van der Waals surface area contributed by atoms with Crippen molar-refractivity contribution in [1.82, 2.24) is 4.98 Å². The molecule has 2 fully saturated rings. The molecule has 152 valence electrons. The Morgan fingerprint density at radius 2 is 1.93 bits per heavy atom. The van der Waals surface area contributed by atoms with Crippen LogP contribution < -0.4 is 5.32 Å². The quantitative estimate of drug-likeness (QED) is 0.806. The number of benzene rings is 1. The molecule has 1 aromatic carbocycles. The van der Waals surface area contributed by atoms with Crippen molar-refractivity contribution in [2.45, 2.75) is 43.9 Å². The normalized spacial score (nSPS) is 20.5. The smallest absolute Gasteiger partial charge is 0.230 e. The van der Waals surface area contributed by atoms with Crippen LogP contribution in [0.2, 0.25) is 0 Å². The van der Waals surface area contributed by atoms with Crippen molar-refractivity contribution in [1.29, 1.82) is 0 Å². The lowest BCUT2D eigenvalue weighted by atomic mass is 9.61. The van der Waals surface area contributed by atoms with E-state index in [2.05, 4.69) is 10.3 Å². The van der Waals surface area contributed by atoms with Crippen LogP contribution in [0.25, 0.3) is 0 Å². The molecule has 6 heteroatoms. The first-order valence-electron chi connectivity index (χ1n) is 10.2. The third kappa shape index (κ3) is 4.22. The molecule has 1 aliphatic heterocycles. The SMILES string of the molecule is O=C(Nc1ccc(C2(C(=O)Cc3ccc(F)cc3)CCC2)cn1)C1CCCOC1. The number of Topliss-reactive ketones (excluding diaryl/α,β-unsaturated/α-hetero) is 1. The number of ether oxygens (including phenoxy) is 1. The summed E-state index contributed by atoms with van der Waals surface area (Å²) in [6, 6.07) is 9.74. The molecule has 1 saturated carbocycles. The van der Waals surface area contributed by atoms with E-state index >= 15 is 0 Å². The summed E-state index contributed by atoms with van der Waals surface area (Å²) < 4.78 is 18.5. The maximum Gasteiger partial charge on any atom is 0.230 e. The molecule has 1 unspecified atom stereocenters. The van der Waals surface area contributed by atoms with Crippen LogP contribution in [0.1, 0.15) is 43.2 Å². The molecule has 2 heterocycles. The highest BCUT2D eigenvalue weighted by molar-refractivity contribution is 5.93. The first kappa shape index (κ1) is 19.7. The van der Waals surface area contributed by atoms with E-state index < -0.39 is 5.41 Å². The Hall–Kier alpha value is -2.60. The van der Waals surface area contributed by atoms with Crippen molar-refractivity contribution in [2.75, 3.05) is 18.5 Å². The van der Waals surface area contributed by atoms with E-state index in [1.165, 1.54) is 12.1 Å². The highest BCUT2D eigenvalue weighted by Gasteiger charge is 2.45. The molecule has 0 bridgehead atoms. The lowest BCUT2D eigenvalue weighted by Gasteiger charge is -2.40. The number of ketones is 1. The number of hydrogen-bond acceptors (Lipinski definition) is 4. The number of hydrogen-bond donors (Lipinski definition) is 1. The fourth-order valence-electron chi connectivity index (χ4n) is 4.14. The summed E-state index contributed by atoms with van der Waals surface area (Å²) in [6.45, 7) is 1.16. The Morgan fingerprint density at radius 1 is 1.14 bits per heavy atom. The van der Waals surface area contributed by atoms with E-state index in [1.807, 2.05) is 6.07 Å². The molecule has 0 spiro atoms. The van der Waals surface area contributed by atoms with Gasteiger partial charge in [0.05, 0.1) is 17.9 Å². The van der Waals surface area contributed by atoms with Crippen LogP contribution in [0.5, 0.6) is 0 Å². The Kier molecular flexibility index (Phi) is 5.72. The van der Waals surface area contributed by atoms with E-state index in [-0.39, 0.29) is 29.8 Å². The van der Waals surface area contributed by atoms with Gasteiger partial charge in [-0.05, 0) is 55.0 Å². The monoisotopic (exact) mass is 396 g/mol. The average Bonchev–Trinajstić information content (AvgIpc) is 2.71. The van der Waals surface area contributed by atoms with Crippen molar-refractivity contribution >= 4 is 17.5 Å². The summed E-state index contributed by atoms with van der Waals surface area (Å²) in [6.07, 6.45) is 6.28. The van der Waals surface area contributed by atoms with Gasteiger partial charge in [-0.2, -0.15) is 0 Å². The highest BCUT2D eigenvalue weighted by atomic mass is 19.1. The fraction of sp³-hybridized carbons (Fsp3) is 0.435. The number of pyridine rings is 1. The number of carbonyl (C=O) groups excluding carboxylic acids is 2. The summed E-state index contributed by atoms with van der Waals surface area (Å²) in [5.41, 5.74) is 1.17. The van der Waals surface area contributed by atoms with Crippen molar-refractivity contribution < 1.29 is 18.7 Å². The van der Waals surface area contributed by atoms with Gasteiger partial charge in [0.15, 0.2) is 0 Å². The minimum Gasteiger partial charge on any atom is -0.381 e. The maximum atomic E-state index is 13.1. The molecule has 5 nitrogen and oxygen atoms in total. The van der Waals surface area contributed by atoms with E-state index in [1.54, 1.807) is 24.4 Å². The molecule has 2 aliphatic rings. The maximum absolute atomic E-state index is 13.1. The number of carbonyl (C=O) groups is 2. The van der Waals surface area contributed by atoms with Crippen molar-refractivity contribution in [2.24, 2.45) is 5.92 Å². The van der Waals surface area contributed by atoms with Gasteiger partial charge in [-0.3, -0.25) is 9.59 Å². The van der Waals surface area contributed by atoms with Gasteiger partial charge in [0.25, 0.3) is 0 Å². The van der Waals surface area contributed by atoms with Gasteiger partial charge in [-0.15, -0.1) is 0 Å². The number of nitrogens with one attached hydrogen (secondary N) is 1. The highest BCUT2D eigenvalue weighted by Crippen LogP contribution is 2.45. The van der Waals surface area contributed by atoms with Crippen LogP contribution in [0.3, 0.4) is 0 Å². The minimum absolute atomic E-state index is 0.0734. The van der Waals surface area contributed by atoms with Crippen LogP contribution in [-0.2, 0) is 26.2 Å². The molecule has 2 aromatic rings. The van der Waals surface area contributed by atoms with Crippen molar-refractivity contribution in [3.8, 4) is 0 Å². The van der Waals surface area contributed by atoms with Gasteiger partial charge in [0.2, 0.25) is 5.91 Å². The third-order valence-corrected chi connectivity index (χ3v) is 6.12. The zero-order valence-electron chi connectivity index (χ0n) is 16.3. The van der Waals surface area contributed by atoms with Gasteiger partial charge < -0.3 is 10.1 Å². The van der Waals surface area contributed by atoms with Crippen LogP contribution in [0, 0.1) is 11.7 Å². The Bertz CT molecular complexity index is 870. The second-order valence-corrected chi connectivity index (χ2v) is 8.00. The topological polar surface area (TPSA) is 68.3 Å². The predicted molar refractivity (Wildman–Crippen MR) is 107 cm³/mol. The number of rotatable bonds is 6. The van der Waals surface area contributed by atoms with E-state index in [0.717, 1.165) is 43.2 Å². The summed E-state index contributed by atoms with van der Waals surface area (Å²) in [5.74, 6) is 0.107. The van der Waals surface area contributed by atoms with Gasteiger partial charge in [0.1, 0.15) is 17.4 Å². The molecule has 1 aromatic heterocycles. The van der Waals surface area contributed by atoms with E-state index in [0.29, 0.717) is 19.0 Å². The predicted octanol–water partition coefficient (Wildman–Crippen LogP) is 3.82. The number of amides is 1. The van der Waals surface area contributed by atoms with Crippen LogP contribution in [0.4, 0.5) is 10.2 Å². The summed E-state index contributed by atoms with van der Waals surface area (Å²) in [7, 11) is 0. The summed E-state index contributed by atoms with van der Waals surface area (Å²) in [5, 5.41) is 2.85. The molecule has 1 atom stereocenters. The molecule has 1 aliphatic carbocycles. The second-order valence-electron chi connectivity index (χ2n) is 8.00. The first-order chi connectivity index (χ1) is 14.1. The van der Waals surface area contributed by atoms with Gasteiger partial charge >= 0.3 is 0 Å². The Morgan fingerprint density at radius 3 is 2.52 bits per heavy atom. The Balaban J connectivity index is 1.44. The largest absolute Gasteiger partial charge is 0.381 e. The summed E-state index contributed by atoms with van der Waals surface area (Å²) in [4.78, 5) is 29.8. The van der Waals surface area contributed by atoms with Crippen LogP contribution in [0.15, 0.2) is 42.6 Å². The number of anilines is 1. The molecular formula is C23H25FN2O3. The van der Waals surface area contributed by atoms with E-state index in [4.69, 9.17) is 4.74 Å². The lowest BCUT2D eigenvalue weighted by molar-refractivity contribution is -0.127. The zero-order chi connectivity index (χ0) is 20.3. The van der Waals surface area contributed by atoms with Gasteiger partial charge in [-0.1, -0.05) is 24.6 Å². The molecule has 1 N–H and O–H groups in total. The standard InChI is InChI=1S/C23H25FN2O3/c24-19-7-4-16(5-8-19)13-20(27)23(10-2-11-23)18-6-9-21(25-14-18)26-22(28)17-3-1-12-29-15-17/h4-9,14,17H,1-3,10-13,15H2,(H,25,26,28). The molecular weight excluding hydrogens is 371 g/mol. The van der Waals surface area contributed by atoms with Crippen molar-refractivity contribution in [3.63, 3.8) is 0 Å². The second kappa shape index (κ2) is 8.41. The summed E-state index contributed by atoms with van der Waals surface area (Å²) >= 11 is 0. The van der Waals surface area contributed by atoms with Crippen LogP contribution in [-0.4, -0.2) is 29.9 Å². The zero-order valence-corrected chi connectivity index (χ0v) is 16.3. The van der Waals surface area contributed by atoms with E-state index in [9.17, 15) is 14.0 Å². The number of aromatic nitrogens is 1. The lowest BCUT2D eigenvalue weighted by Crippen LogP contribution is -2.43. The van der Waals surface area contributed by atoms with Gasteiger partial charge in [0, 0.05) is 19.2 Å². The van der Waals surface area contributed by atoms with Crippen LogP contribution >= 0.6 is 0 Å². The molecule has 1 saturated heterocycles. The molecule has 4 rings (SSSR count). The van der Waals surface area contributed by atoms with Gasteiger partial charge in [-0.25, -0.2) is 9.37 Å².